The zero-order valence-electron chi connectivity index (χ0n) is 58.1. The predicted molar refractivity (Wildman–Crippen MR) is 336 cm³/mol. The van der Waals surface area contributed by atoms with Crippen molar-refractivity contribution in [3.63, 3.8) is 0 Å². The van der Waals surface area contributed by atoms with Gasteiger partial charge in [-0.25, -0.2) is 0 Å². The van der Waals surface area contributed by atoms with Gasteiger partial charge >= 0.3 is 0 Å². The van der Waals surface area contributed by atoms with Gasteiger partial charge in [-0.1, -0.05) is 60.1 Å². The van der Waals surface area contributed by atoms with E-state index in [-0.39, 0.29) is 35.5 Å². The minimum absolute atomic E-state index is 0.0104. The maximum Gasteiger partial charge on any atom is 0.187 e. The molecule has 0 spiro atoms. The number of aliphatic hydroxyl groups is 21. The maximum atomic E-state index is 12.9. The maximum absolute atomic E-state index is 12.9. The predicted octanol–water partition coefficient (Wildman–Crippen LogP) is -6.31. The number of hydrogen-bond donors (Lipinski definition) is 21. The van der Waals surface area contributed by atoms with E-state index in [1.54, 1.807) is 0 Å². The van der Waals surface area contributed by atoms with Crippen LogP contribution in [0.15, 0.2) is 11.6 Å². The second kappa shape index (κ2) is 31.6. The summed E-state index contributed by atoms with van der Waals surface area (Å²) in [6.07, 6.45) is -43.7. The topological polar surface area (TPSA) is 536 Å². The summed E-state index contributed by atoms with van der Waals surface area (Å²) in [5.41, 5.74) is -2.62. The summed E-state index contributed by atoms with van der Waals surface area (Å²) in [7, 11) is 0. The molecule has 40 atom stereocenters. The molecular formula is C67H114O33. The van der Waals surface area contributed by atoms with Gasteiger partial charge in [0.15, 0.2) is 37.7 Å². The van der Waals surface area contributed by atoms with Crippen molar-refractivity contribution in [2.75, 3.05) is 39.6 Å². The van der Waals surface area contributed by atoms with Crippen LogP contribution in [-0.4, -0.2) is 349 Å². The number of allylic oxidation sites excluding steroid dienone is 1. The summed E-state index contributed by atoms with van der Waals surface area (Å²) >= 11 is 0. The van der Waals surface area contributed by atoms with Gasteiger partial charge in [-0.15, -0.1) is 0 Å². The molecule has 21 N–H and O–H groups in total. The summed E-state index contributed by atoms with van der Waals surface area (Å²) in [6, 6.07) is 0. The fourth-order valence-electron chi connectivity index (χ4n) is 18.6. The lowest BCUT2D eigenvalue weighted by Crippen LogP contribution is -2.65. The highest BCUT2D eigenvalue weighted by molar-refractivity contribution is 5.32. The minimum atomic E-state index is -1.99. The van der Waals surface area contributed by atoms with Crippen molar-refractivity contribution in [1.82, 2.24) is 0 Å². The zero-order chi connectivity index (χ0) is 73.5. The van der Waals surface area contributed by atoms with Gasteiger partial charge in [0, 0.05) is 16.7 Å². The van der Waals surface area contributed by atoms with E-state index in [1.807, 2.05) is 13.8 Å². The highest BCUT2D eigenvalue weighted by Gasteiger charge is 2.71. The van der Waals surface area contributed by atoms with Crippen molar-refractivity contribution in [1.29, 1.82) is 0 Å². The molecule has 4 aliphatic carbocycles. The molecule has 6 heterocycles. The second-order valence-electron chi connectivity index (χ2n) is 31.9. The Morgan fingerprint density at radius 3 is 1.40 bits per heavy atom. The summed E-state index contributed by atoms with van der Waals surface area (Å²) in [5.74, 6) is -1.08. The van der Waals surface area contributed by atoms with Gasteiger partial charge in [0.1, 0.15) is 134 Å². The lowest BCUT2D eigenvalue weighted by molar-refractivity contribution is -0.380. The molecule has 580 valence electrons. The fraction of sp³-hybridized carbons (Fsp3) is 0.970. The van der Waals surface area contributed by atoms with Crippen LogP contribution in [0.25, 0.3) is 0 Å². The molecule has 6 aliphatic heterocycles. The average Bonchev–Trinajstić information content (AvgIpc) is 1.32. The van der Waals surface area contributed by atoms with Crippen LogP contribution in [0.2, 0.25) is 0 Å². The fourth-order valence-corrected chi connectivity index (χ4v) is 18.6. The summed E-state index contributed by atoms with van der Waals surface area (Å²) in [6.45, 7) is 13.5. The van der Waals surface area contributed by atoms with Gasteiger partial charge < -0.3 is 164 Å². The molecule has 0 amide bonds. The van der Waals surface area contributed by atoms with Gasteiger partial charge in [-0.2, -0.15) is 0 Å². The smallest absolute Gasteiger partial charge is 0.187 e. The van der Waals surface area contributed by atoms with E-state index in [9.17, 15) is 107 Å². The average molecular weight is 1450 g/mol. The first-order valence-corrected chi connectivity index (χ1v) is 35.4. The Morgan fingerprint density at radius 1 is 0.480 bits per heavy atom. The Hall–Kier alpha value is -1.58. The quantitative estimate of drug-likeness (QED) is 0.0423. The Bertz CT molecular complexity index is 2670. The van der Waals surface area contributed by atoms with Crippen LogP contribution >= 0.6 is 0 Å². The summed E-state index contributed by atoms with van der Waals surface area (Å²) < 4.78 is 71.6. The largest absolute Gasteiger partial charge is 0.394 e. The molecular weight excluding hydrogens is 1330 g/mol. The Morgan fingerprint density at radius 2 is 0.900 bits per heavy atom. The number of aliphatic hydroxyl groups excluding tert-OH is 20. The molecule has 3 saturated carbocycles. The molecule has 10 rings (SSSR count). The van der Waals surface area contributed by atoms with E-state index in [4.69, 9.17) is 56.8 Å². The number of hydrogen-bond acceptors (Lipinski definition) is 33. The molecule has 6 saturated heterocycles. The van der Waals surface area contributed by atoms with Crippen molar-refractivity contribution < 1.29 is 164 Å². The number of fused-ring (bicyclic) bond motifs is 5. The van der Waals surface area contributed by atoms with E-state index in [0.29, 0.717) is 32.1 Å². The highest BCUT2D eigenvalue weighted by Crippen LogP contribution is 2.75. The Labute approximate surface area is 580 Å². The van der Waals surface area contributed by atoms with Crippen LogP contribution in [0.1, 0.15) is 114 Å². The standard InChI is InChI=1S/C67H114O33/c1-25(27-16-17-65(7)36-13-11-28-29(67(36,9)37(71)18-66(27,65)8)12-15-38(63(28,3)4)98-60-54(86)50(82)45(77)34(96-60)23-91-59-53(85)48(80)43(75)31(20-69)93-59)10-14-39(64(5,6)88)99-62-56(100-61-55(87)49(81)44(76)32(21-70)94-61)51(83)46(78)35(97-62)24-89-57-41(73)26(2)40(72)33(95-57)22-90-58-52(84)47(79)42(74)30(19-68)92-58/h11,25-27,29-62,68-88H,10,12-24H2,1-9H3/t25-,26+,27?,29?,30-,31-,32-,33-,34-,35-,36?,37-,38+,39-,40+,41-,42-,43-,44-,45-,46-,47+,48+,49+,50+,51+,52-,53-,54-,55-,56-,57+,58-,59+,60+,61+,62+,65+,66-,67+/m1/s1. The number of rotatable bonds is 23. The lowest BCUT2D eigenvalue weighted by Gasteiger charge is -2.67. The van der Waals surface area contributed by atoms with E-state index in [0.717, 1.165) is 18.4 Å². The van der Waals surface area contributed by atoms with Crippen molar-refractivity contribution in [2.45, 2.75) is 316 Å². The Balaban J connectivity index is 0.815. The van der Waals surface area contributed by atoms with E-state index >= 15 is 0 Å². The SMILES string of the molecule is C[C@@H]1[C@@H](O)[C@@H](OC[C@H]2O[C@@H](O[C@H](CC[C@@H](C)C3CC[C@@]4(C)C5CC=C6C(CC[C@H](O[C@@H]7O[C@H](CO[C@H]8O[C@H](CO)[C@@H](O)[C@H](O)[C@H]8O)[C@@H](O)[C@H](O)[C@H]7O)C6(C)C)[C@]5(C)[C@H](O)C[C@]34C)C(C)(C)O)[C@H](O[C@@H]3O[C@H](CO)[C@@H](O)[C@H](O)[C@H]3O)[C@@H](O)[C@@H]2O)O[C@H](CO[C@@H]2O[C@H](CO)[C@@H](O)[C@H](O)[C@H]2O)[C@H]1O. The molecule has 0 bridgehead atoms. The van der Waals surface area contributed by atoms with Crippen molar-refractivity contribution in [2.24, 2.45) is 51.2 Å². The zero-order valence-corrected chi connectivity index (χ0v) is 58.1. The van der Waals surface area contributed by atoms with Crippen LogP contribution < -0.4 is 0 Å². The van der Waals surface area contributed by atoms with E-state index < -0.39 is 264 Å². The minimum Gasteiger partial charge on any atom is -0.394 e. The number of ether oxygens (including phenoxy) is 12. The lowest BCUT2D eigenvalue weighted by atomic mass is 9.38. The molecule has 9 fully saturated rings. The van der Waals surface area contributed by atoms with Gasteiger partial charge in [0.2, 0.25) is 0 Å². The molecule has 0 aromatic heterocycles. The van der Waals surface area contributed by atoms with Crippen LogP contribution in [0.4, 0.5) is 0 Å². The normalized spacial score (nSPS) is 52.1. The first-order valence-electron chi connectivity index (χ1n) is 35.4. The second-order valence-corrected chi connectivity index (χ2v) is 31.9. The van der Waals surface area contributed by atoms with Gasteiger partial charge in [-0.3, -0.25) is 0 Å². The van der Waals surface area contributed by atoms with Gasteiger partial charge in [-0.05, 0) is 99.7 Å². The molecule has 33 heteroatoms. The van der Waals surface area contributed by atoms with Crippen molar-refractivity contribution in [3.05, 3.63) is 11.6 Å². The Kier molecular flexibility index (Phi) is 25.5. The van der Waals surface area contributed by atoms with E-state index in [2.05, 4.69) is 33.8 Å². The molecule has 10 aliphatic rings. The molecule has 0 aromatic rings. The van der Waals surface area contributed by atoms with Gasteiger partial charge in [0.25, 0.3) is 0 Å². The first-order chi connectivity index (χ1) is 46.8. The third kappa shape index (κ3) is 14.9. The third-order valence-electron chi connectivity index (χ3n) is 25.3. The van der Waals surface area contributed by atoms with Gasteiger partial charge in [0.05, 0.1) is 69.7 Å². The van der Waals surface area contributed by atoms with Crippen LogP contribution in [0, 0.1) is 51.2 Å². The molecule has 100 heavy (non-hydrogen) atoms. The third-order valence-corrected chi connectivity index (χ3v) is 25.3. The van der Waals surface area contributed by atoms with Crippen molar-refractivity contribution >= 4 is 0 Å². The van der Waals surface area contributed by atoms with Crippen LogP contribution in [0.3, 0.4) is 0 Å². The van der Waals surface area contributed by atoms with Crippen LogP contribution in [0.5, 0.6) is 0 Å². The molecule has 0 aromatic carbocycles. The monoisotopic (exact) mass is 1450 g/mol. The summed E-state index contributed by atoms with van der Waals surface area (Å²) in [4.78, 5) is 0. The first kappa shape index (κ1) is 80.9. The highest BCUT2D eigenvalue weighted by atomic mass is 16.8. The van der Waals surface area contributed by atoms with E-state index in [1.165, 1.54) is 20.8 Å². The molecule has 0 radical (unpaired) electrons. The molecule has 33 nitrogen and oxygen atoms in total. The summed E-state index contributed by atoms with van der Waals surface area (Å²) in [5, 5.41) is 229. The van der Waals surface area contributed by atoms with Crippen LogP contribution in [-0.2, 0) is 56.8 Å². The van der Waals surface area contributed by atoms with Crippen molar-refractivity contribution in [3.8, 4) is 0 Å². The molecule has 3 unspecified atom stereocenters.